The number of carbonyl (C=O) groups excluding carboxylic acids is 1. The number of piperidine rings is 1. The number of anilines is 1. The van der Waals surface area contributed by atoms with Crippen LogP contribution in [0.15, 0.2) is 18.2 Å². The fourth-order valence-corrected chi connectivity index (χ4v) is 3.23. The lowest BCUT2D eigenvalue weighted by molar-refractivity contribution is -0.122. The molecule has 1 fully saturated rings. The van der Waals surface area contributed by atoms with E-state index in [2.05, 4.69) is 23.5 Å². The maximum Gasteiger partial charge on any atom is 0.231 e. The average molecular weight is 258 g/mol. The summed E-state index contributed by atoms with van der Waals surface area (Å²) < 4.78 is 0. The van der Waals surface area contributed by atoms with Crippen LogP contribution in [0.2, 0.25) is 0 Å². The van der Waals surface area contributed by atoms with Crippen molar-refractivity contribution in [2.24, 2.45) is 5.92 Å². The molecule has 0 spiro atoms. The van der Waals surface area contributed by atoms with Crippen LogP contribution in [-0.4, -0.2) is 26.0 Å². The Morgan fingerprint density at radius 2 is 2.11 bits per heavy atom. The number of rotatable bonds is 2. The van der Waals surface area contributed by atoms with Crippen LogP contribution in [0.5, 0.6) is 0 Å². The molecule has 0 bridgehead atoms. The molecular formula is C16H22N2O. The third kappa shape index (κ3) is 2.52. The van der Waals surface area contributed by atoms with Crippen LogP contribution in [0.4, 0.5) is 5.69 Å². The topological polar surface area (TPSA) is 32.3 Å². The first-order chi connectivity index (χ1) is 9.25. The highest BCUT2D eigenvalue weighted by atomic mass is 16.2. The zero-order chi connectivity index (χ0) is 13.2. The van der Waals surface area contributed by atoms with Gasteiger partial charge in [0, 0.05) is 19.3 Å². The molecule has 1 N–H and O–H groups in total. The van der Waals surface area contributed by atoms with Crippen molar-refractivity contribution in [1.82, 2.24) is 5.32 Å². The molecule has 1 saturated heterocycles. The van der Waals surface area contributed by atoms with E-state index >= 15 is 0 Å². The highest BCUT2D eigenvalue weighted by Gasteiger charge is 2.25. The second kappa shape index (κ2) is 5.33. The Balaban J connectivity index is 1.75. The first-order valence-corrected chi connectivity index (χ1v) is 7.36. The normalized spacial score (nSPS) is 22.1. The number of fused-ring (bicyclic) bond motifs is 1. The van der Waals surface area contributed by atoms with E-state index in [1.165, 1.54) is 24.0 Å². The molecule has 1 aliphatic heterocycles. The zero-order valence-corrected chi connectivity index (χ0v) is 11.6. The summed E-state index contributed by atoms with van der Waals surface area (Å²) >= 11 is 0. The molecule has 2 aliphatic rings. The first-order valence-electron chi connectivity index (χ1n) is 7.36. The standard InChI is InChI=1S/C16H22N2O/c1-18(16(19)14-6-3-9-17-11-14)15-8-7-12-4-2-5-13(12)10-15/h7-8,10,14,17H,2-6,9,11H2,1H3. The predicted molar refractivity (Wildman–Crippen MR) is 77.5 cm³/mol. The van der Waals surface area contributed by atoms with Gasteiger partial charge in [-0.1, -0.05) is 6.07 Å². The van der Waals surface area contributed by atoms with Crippen molar-refractivity contribution < 1.29 is 4.79 Å². The molecule has 0 saturated carbocycles. The van der Waals surface area contributed by atoms with E-state index in [0.29, 0.717) is 0 Å². The maximum atomic E-state index is 12.5. The van der Waals surface area contributed by atoms with Crippen molar-refractivity contribution in [2.45, 2.75) is 32.1 Å². The fraction of sp³-hybridized carbons (Fsp3) is 0.562. The van der Waals surface area contributed by atoms with Gasteiger partial charge in [-0.25, -0.2) is 0 Å². The van der Waals surface area contributed by atoms with Crippen LogP contribution >= 0.6 is 0 Å². The molecule has 1 amide bonds. The van der Waals surface area contributed by atoms with Crippen molar-refractivity contribution >= 4 is 11.6 Å². The molecule has 3 heteroatoms. The SMILES string of the molecule is CN(C(=O)C1CCCNC1)c1ccc2c(c1)CCC2. The molecule has 0 aromatic heterocycles. The molecule has 3 rings (SSSR count). The number of aryl methyl sites for hydroxylation is 2. The van der Waals surface area contributed by atoms with Gasteiger partial charge in [-0.15, -0.1) is 0 Å². The lowest BCUT2D eigenvalue weighted by atomic mass is 9.98. The Hall–Kier alpha value is -1.35. The van der Waals surface area contributed by atoms with E-state index in [1.54, 1.807) is 0 Å². The van der Waals surface area contributed by atoms with Gasteiger partial charge in [0.25, 0.3) is 0 Å². The summed E-state index contributed by atoms with van der Waals surface area (Å²) in [6.07, 6.45) is 5.73. The van der Waals surface area contributed by atoms with Crippen molar-refractivity contribution in [3.05, 3.63) is 29.3 Å². The molecule has 1 atom stereocenters. The molecule has 19 heavy (non-hydrogen) atoms. The van der Waals surface area contributed by atoms with Gasteiger partial charge in [0.2, 0.25) is 5.91 Å². The largest absolute Gasteiger partial charge is 0.316 e. The summed E-state index contributed by atoms with van der Waals surface area (Å²) in [4.78, 5) is 14.3. The van der Waals surface area contributed by atoms with Crippen LogP contribution in [0, 0.1) is 5.92 Å². The van der Waals surface area contributed by atoms with Gasteiger partial charge >= 0.3 is 0 Å². The first kappa shape index (κ1) is 12.7. The summed E-state index contributed by atoms with van der Waals surface area (Å²) in [6.45, 7) is 1.88. The van der Waals surface area contributed by atoms with Crippen molar-refractivity contribution in [3.8, 4) is 0 Å². The predicted octanol–water partition coefficient (Wildman–Crippen LogP) is 2.14. The minimum atomic E-state index is 0.145. The Morgan fingerprint density at radius 3 is 2.89 bits per heavy atom. The van der Waals surface area contributed by atoms with Crippen molar-refractivity contribution in [3.63, 3.8) is 0 Å². The van der Waals surface area contributed by atoms with Crippen LogP contribution in [0.1, 0.15) is 30.4 Å². The smallest absolute Gasteiger partial charge is 0.231 e. The summed E-state index contributed by atoms with van der Waals surface area (Å²) in [5.74, 6) is 0.400. The molecule has 1 aliphatic carbocycles. The lowest BCUT2D eigenvalue weighted by Gasteiger charge is -2.27. The van der Waals surface area contributed by atoms with Gasteiger partial charge in [0.05, 0.1) is 5.92 Å². The number of nitrogens with one attached hydrogen (secondary N) is 1. The second-order valence-corrected chi connectivity index (χ2v) is 5.75. The van der Waals surface area contributed by atoms with Gasteiger partial charge in [0.1, 0.15) is 0 Å². The number of benzene rings is 1. The third-order valence-corrected chi connectivity index (χ3v) is 4.45. The zero-order valence-electron chi connectivity index (χ0n) is 11.6. The van der Waals surface area contributed by atoms with Crippen LogP contribution in [0.3, 0.4) is 0 Å². The summed E-state index contributed by atoms with van der Waals surface area (Å²) in [7, 11) is 1.91. The van der Waals surface area contributed by atoms with Gasteiger partial charge < -0.3 is 10.2 Å². The number of carbonyl (C=O) groups is 1. The quantitative estimate of drug-likeness (QED) is 0.881. The van der Waals surface area contributed by atoms with E-state index in [0.717, 1.165) is 38.0 Å². The van der Waals surface area contributed by atoms with E-state index in [4.69, 9.17) is 0 Å². The second-order valence-electron chi connectivity index (χ2n) is 5.75. The minimum Gasteiger partial charge on any atom is -0.316 e. The Bertz CT molecular complexity index is 478. The highest BCUT2D eigenvalue weighted by Crippen LogP contribution is 2.27. The van der Waals surface area contributed by atoms with Crippen LogP contribution in [0.25, 0.3) is 0 Å². The van der Waals surface area contributed by atoms with Crippen LogP contribution in [-0.2, 0) is 17.6 Å². The fourth-order valence-electron chi connectivity index (χ4n) is 3.23. The Morgan fingerprint density at radius 1 is 1.26 bits per heavy atom. The molecule has 1 unspecified atom stereocenters. The molecule has 0 radical (unpaired) electrons. The number of nitrogens with zero attached hydrogens (tertiary/aromatic N) is 1. The maximum absolute atomic E-state index is 12.5. The van der Waals surface area contributed by atoms with E-state index in [9.17, 15) is 4.79 Å². The molecule has 1 aromatic carbocycles. The number of amides is 1. The minimum absolute atomic E-state index is 0.145. The van der Waals surface area contributed by atoms with E-state index in [1.807, 2.05) is 11.9 Å². The monoisotopic (exact) mass is 258 g/mol. The third-order valence-electron chi connectivity index (χ3n) is 4.45. The van der Waals surface area contributed by atoms with Crippen molar-refractivity contribution in [2.75, 3.05) is 25.0 Å². The Kier molecular flexibility index (Phi) is 3.56. The molecule has 1 heterocycles. The number of hydrogen-bond acceptors (Lipinski definition) is 2. The molecular weight excluding hydrogens is 236 g/mol. The van der Waals surface area contributed by atoms with E-state index < -0.39 is 0 Å². The van der Waals surface area contributed by atoms with Crippen molar-refractivity contribution in [1.29, 1.82) is 0 Å². The summed E-state index contributed by atoms with van der Waals surface area (Å²) in [5, 5.41) is 3.32. The highest BCUT2D eigenvalue weighted by molar-refractivity contribution is 5.94. The molecule has 1 aromatic rings. The van der Waals surface area contributed by atoms with Gasteiger partial charge in [-0.2, -0.15) is 0 Å². The summed E-state index contributed by atoms with van der Waals surface area (Å²) in [5.41, 5.74) is 3.94. The van der Waals surface area contributed by atoms with Gasteiger partial charge in [0.15, 0.2) is 0 Å². The lowest BCUT2D eigenvalue weighted by Crippen LogP contribution is -2.41. The van der Waals surface area contributed by atoms with Gasteiger partial charge in [-0.3, -0.25) is 4.79 Å². The molecule has 3 nitrogen and oxygen atoms in total. The average Bonchev–Trinajstić information content (AvgIpc) is 2.94. The van der Waals surface area contributed by atoms with Gasteiger partial charge in [-0.05, 0) is 61.9 Å². The number of hydrogen-bond donors (Lipinski definition) is 1. The van der Waals surface area contributed by atoms with E-state index in [-0.39, 0.29) is 11.8 Å². The van der Waals surface area contributed by atoms with Crippen LogP contribution < -0.4 is 10.2 Å². The molecule has 102 valence electrons. The Labute approximate surface area is 115 Å². The summed E-state index contributed by atoms with van der Waals surface area (Å²) in [6, 6.07) is 6.50.